The van der Waals surface area contributed by atoms with Crippen LogP contribution < -0.4 is 0 Å². The van der Waals surface area contributed by atoms with Crippen LogP contribution in [0.2, 0.25) is 0 Å². The third kappa shape index (κ3) is 4.31. The molecular formula is C21H26O3S. The molecule has 0 unspecified atom stereocenters. The van der Waals surface area contributed by atoms with Crippen LogP contribution in [0.5, 0.6) is 0 Å². The second-order valence-electron chi connectivity index (χ2n) is 7.10. The smallest absolute Gasteiger partial charge is 0.153 e. The molecule has 4 heteroatoms. The van der Waals surface area contributed by atoms with E-state index in [0.717, 1.165) is 6.42 Å². The fourth-order valence-corrected chi connectivity index (χ4v) is 4.75. The van der Waals surface area contributed by atoms with Crippen LogP contribution in [0, 0.1) is 5.92 Å². The van der Waals surface area contributed by atoms with Gasteiger partial charge in [0.05, 0.1) is 17.6 Å². The Bertz CT molecular complexity index is 780. The highest BCUT2D eigenvalue weighted by atomic mass is 32.2. The van der Waals surface area contributed by atoms with Crippen LogP contribution in [0.3, 0.4) is 0 Å². The normalized spacial score (nSPS) is 21.4. The summed E-state index contributed by atoms with van der Waals surface area (Å²) < 4.78 is 30.3. The molecule has 1 heterocycles. The summed E-state index contributed by atoms with van der Waals surface area (Å²) in [6.45, 7) is 4.73. The van der Waals surface area contributed by atoms with E-state index in [4.69, 9.17) is 4.74 Å². The predicted molar refractivity (Wildman–Crippen MR) is 102 cm³/mol. The van der Waals surface area contributed by atoms with Gasteiger partial charge in [0.15, 0.2) is 9.84 Å². The largest absolute Gasteiger partial charge is 0.381 e. The highest BCUT2D eigenvalue weighted by Gasteiger charge is 2.32. The number of sulfone groups is 1. The molecule has 1 saturated heterocycles. The Balaban J connectivity index is 1.81. The number of hydrogen-bond donors (Lipinski definition) is 0. The number of hydrogen-bond acceptors (Lipinski definition) is 3. The summed E-state index contributed by atoms with van der Waals surface area (Å²) in [5.41, 5.74) is 3.59. The SMILES string of the molecule is CC(C)S(=O)(=O)C[C@@H]1COCC[C@@H]1c1ccc(-c2ccccc2)cc1. The van der Waals surface area contributed by atoms with E-state index >= 15 is 0 Å². The van der Waals surface area contributed by atoms with Crippen molar-refractivity contribution >= 4 is 9.84 Å². The molecule has 0 amide bonds. The Morgan fingerprint density at radius 3 is 2.28 bits per heavy atom. The maximum absolute atomic E-state index is 12.4. The minimum Gasteiger partial charge on any atom is -0.381 e. The van der Waals surface area contributed by atoms with Crippen molar-refractivity contribution in [3.63, 3.8) is 0 Å². The fraction of sp³-hybridized carbons (Fsp3) is 0.429. The summed E-state index contributed by atoms with van der Waals surface area (Å²) >= 11 is 0. The Kier molecular flexibility index (Phi) is 5.60. The molecule has 0 aromatic heterocycles. The van der Waals surface area contributed by atoms with Crippen molar-refractivity contribution in [2.45, 2.75) is 31.4 Å². The quantitative estimate of drug-likeness (QED) is 0.800. The van der Waals surface area contributed by atoms with Crippen LogP contribution in [-0.4, -0.2) is 32.6 Å². The molecule has 3 rings (SSSR count). The fourth-order valence-electron chi connectivity index (χ4n) is 3.44. The molecule has 2 aromatic carbocycles. The van der Waals surface area contributed by atoms with Crippen LogP contribution in [0.1, 0.15) is 31.7 Å². The first-order valence-electron chi connectivity index (χ1n) is 8.92. The van der Waals surface area contributed by atoms with Gasteiger partial charge in [0.2, 0.25) is 0 Å². The van der Waals surface area contributed by atoms with Gasteiger partial charge in [0, 0.05) is 12.5 Å². The first-order valence-corrected chi connectivity index (χ1v) is 10.6. The summed E-state index contributed by atoms with van der Waals surface area (Å²) in [7, 11) is -3.07. The first kappa shape index (κ1) is 18.2. The van der Waals surface area contributed by atoms with E-state index < -0.39 is 9.84 Å². The minimum absolute atomic E-state index is 0.0312. The molecule has 3 nitrogen and oxygen atoms in total. The molecule has 0 saturated carbocycles. The van der Waals surface area contributed by atoms with Gasteiger partial charge in [-0.15, -0.1) is 0 Å². The van der Waals surface area contributed by atoms with Gasteiger partial charge < -0.3 is 4.74 Å². The van der Waals surface area contributed by atoms with Gasteiger partial charge in [-0.3, -0.25) is 0 Å². The zero-order valence-electron chi connectivity index (χ0n) is 14.9. The molecule has 0 radical (unpaired) electrons. The predicted octanol–water partition coefficient (Wildman–Crippen LogP) is 4.30. The average Bonchev–Trinajstić information content (AvgIpc) is 2.63. The lowest BCUT2D eigenvalue weighted by atomic mass is 9.83. The van der Waals surface area contributed by atoms with Crippen molar-refractivity contribution in [2.75, 3.05) is 19.0 Å². The molecule has 1 fully saturated rings. The lowest BCUT2D eigenvalue weighted by Crippen LogP contribution is -2.34. The van der Waals surface area contributed by atoms with E-state index in [0.29, 0.717) is 13.2 Å². The molecule has 0 spiro atoms. The van der Waals surface area contributed by atoms with Gasteiger partial charge >= 0.3 is 0 Å². The highest BCUT2D eigenvalue weighted by molar-refractivity contribution is 7.91. The molecule has 0 bridgehead atoms. The molecule has 25 heavy (non-hydrogen) atoms. The summed E-state index contributed by atoms with van der Waals surface area (Å²) in [5, 5.41) is -0.337. The van der Waals surface area contributed by atoms with Crippen molar-refractivity contribution in [1.29, 1.82) is 0 Å². The van der Waals surface area contributed by atoms with Crippen molar-refractivity contribution < 1.29 is 13.2 Å². The molecule has 1 aliphatic heterocycles. The van der Waals surface area contributed by atoms with Gasteiger partial charge in [-0.1, -0.05) is 54.6 Å². The molecule has 2 atom stereocenters. The summed E-state index contributed by atoms with van der Waals surface area (Å²) in [6.07, 6.45) is 0.878. The van der Waals surface area contributed by atoms with Gasteiger partial charge in [-0.25, -0.2) is 8.42 Å². The molecule has 1 aliphatic rings. The van der Waals surface area contributed by atoms with Crippen molar-refractivity contribution in [3.05, 3.63) is 60.2 Å². The zero-order valence-corrected chi connectivity index (χ0v) is 15.7. The van der Waals surface area contributed by atoms with Crippen LogP contribution >= 0.6 is 0 Å². The van der Waals surface area contributed by atoms with Gasteiger partial charge in [0.25, 0.3) is 0 Å². The van der Waals surface area contributed by atoms with Crippen LogP contribution in [0.15, 0.2) is 54.6 Å². The van der Waals surface area contributed by atoms with E-state index in [2.05, 4.69) is 36.4 Å². The molecule has 2 aromatic rings. The van der Waals surface area contributed by atoms with Crippen molar-refractivity contribution in [1.82, 2.24) is 0 Å². The second kappa shape index (κ2) is 7.71. The van der Waals surface area contributed by atoms with Gasteiger partial charge in [0.1, 0.15) is 0 Å². The van der Waals surface area contributed by atoms with E-state index in [1.807, 2.05) is 18.2 Å². The lowest BCUT2D eigenvalue weighted by molar-refractivity contribution is 0.0483. The first-order chi connectivity index (χ1) is 12.0. The number of benzene rings is 2. The second-order valence-corrected chi connectivity index (χ2v) is 9.70. The van der Waals surface area contributed by atoms with Crippen LogP contribution in [-0.2, 0) is 14.6 Å². The molecule has 0 aliphatic carbocycles. The number of ether oxygens (including phenoxy) is 1. The molecule has 0 N–H and O–H groups in total. The average molecular weight is 359 g/mol. The Morgan fingerprint density at radius 2 is 1.64 bits per heavy atom. The zero-order chi connectivity index (χ0) is 17.9. The van der Waals surface area contributed by atoms with E-state index in [1.165, 1.54) is 16.7 Å². The van der Waals surface area contributed by atoms with Crippen molar-refractivity contribution in [3.8, 4) is 11.1 Å². The van der Waals surface area contributed by atoms with E-state index in [-0.39, 0.29) is 22.8 Å². The number of rotatable bonds is 5. The maximum Gasteiger partial charge on any atom is 0.153 e. The monoisotopic (exact) mass is 358 g/mol. The Morgan fingerprint density at radius 1 is 1.00 bits per heavy atom. The van der Waals surface area contributed by atoms with E-state index in [9.17, 15) is 8.42 Å². The Labute approximate surface area is 151 Å². The minimum atomic E-state index is -3.07. The summed E-state index contributed by atoms with van der Waals surface area (Å²) in [6, 6.07) is 18.8. The van der Waals surface area contributed by atoms with E-state index in [1.54, 1.807) is 13.8 Å². The maximum atomic E-state index is 12.4. The van der Waals surface area contributed by atoms with Crippen LogP contribution in [0.25, 0.3) is 11.1 Å². The Hall–Kier alpha value is -1.65. The topological polar surface area (TPSA) is 43.4 Å². The van der Waals surface area contributed by atoms with Gasteiger partial charge in [-0.05, 0) is 42.9 Å². The van der Waals surface area contributed by atoms with Crippen molar-refractivity contribution in [2.24, 2.45) is 5.92 Å². The lowest BCUT2D eigenvalue weighted by Gasteiger charge is -2.32. The third-order valence-corrected chi connectivity index (χ3v) is 7.41. The highest BCUT2D eigenvalue weighted by Crippen LogP contribution is 2.34. The summed E-state index contributed by atoms with van der Waals surface area (Å²) in [4.78, 5) is 0. The van der Waals surface area contributed by atoms with Crippen LogP contribution in [0.4, 0.5) is 0 Å². The molecule has 134 valence electrons. The third-order valence-electron chi connectivity index (χ3n) is 5.08. The standard InChI is InChI=1S/C21H26O3S/c1-16(2)25(22,23)15-20-14-24-13-12-21(20)19-10-8-18(9-11-19)17-6-4-3-5-7-17/h3-11,16,20-21H,12-15H2,1-2H3/t20-,21+/m0/s1. The summed E-state index contributed by atoms with van der Waals surface area (Å²) in [5.74, 6) is 0.478. The molecular weight excluding hydrogens is 332 g/mol. The van der Waals surface area contributed by atoms with Gasteiger partial charge in [-0.2, -0.15) is 0 Å².